The lowest BCUT2D eigenvalue weighted by Gasteiger charge is -2.61. The number of esters is 1. The molecule has 0 aromatic heterocycles. The molecule has 33 heavy (non-hydrogen) atoms. The predicted molar refractivity (Wildman–Crippen MR) is 123 cm³/mol. The molecule has 8 atom stereocenters. The molecule has 0 radical (unpaired) electrons. The van der Waals surface area contributed by atoms with E-state index in [1.807, 2.05) is 0 Å². The Morgan fingerprint density at radius 3 is 2.24 bits per heavy atom. The molecule has 0 spiro atoms. The molecule has 0 aromatic rings. The van der Waals surface area contributed by atoms with Crippen molar-refractivity contribution in [1.82, 2.24) is 0 Å². The zero-order valence-corrected chi connectivity index (χ0v) is 20.9. The summed E-state index contributed by atoms with van der Waals surface area (Å²) in [7, 11) is 0. The Morgan fingerprint density at radius 2 is 1.52 bits per heavy atom. The van der Waals surface area contributed by atoms with Gasteiger partial charge in [0.1, 0.15) is 11.9 Å². The zero-order valence-electron chi connectivity index (χ0n) is 20.9. The number of carbonyl (C=O) groups excluding carboxylic acids is 3. The molecule has 6 heteroatoms. The summed E-state index contributed by atoms with van der Waals surface area (Å²) < 4.78 is 15.7. The zero-order chi connectivity index (χ0) is 23.8. The van der Waals surface area contributed by atoms with Crippen molar-refractivity contribution in [3.05, 3.63) is 0 Å². The van der Waals surface area contributed by atoms with Gasteiger partial charge in [-0.1, -0.05) is 13.8 Å². The molecule has 0 N–H and O–H groups in total. The highest BCUT2D eigenvalue weighted by Gasteiger charge is 2.60. The lowest BCUT2D eigenvalue weighted by atomic mass is 9.44. The first kappa shape index (κ1) is 24.5. The van der Waals surface area contributed by atoms with Crippen LogP contribution in [0.25, 0.3) is 0 Å². The van der Waals surface area contributed by atoms with Gasteiger partial charge < -0.3 is 14.2 Å². The molecule has 6 nitrogen and oxygen atoms in total. The molecule has 186 valence electrons. The third kappa shape index (κ3) is 4.68. The summed E-state index contributed by atoms with van der Waals surface area (Å²) in [6.45, 7) is 8.52. The Balaban J connectivity index is 1.31. The van der Waals surface area contributed by atoms with Gasteiger partial charge in [-0.05, 0) is 99.2 Å². The molecule has 0 aromatic carbocycles. The van der Waals surface area contributed by atoms with Crippen molar-refractivity contribution < 1.29 is 28.6 Å². The number of ether oxygens (including phenoxy) is 3. The van der Waals surface area contributed by atoms with Crippen LogP contribution in [0.5, 0.6) is 0 Å². The molecule has 4 rings (SSSR count). The second-order valence-corrected chi connectivity index (χ2v) is 11.7. The van der Waals surface area contributed by atoms with Gasteiger partial charge in [0.25, 0.3) is 0 Å². The van der Waals surface area contributed by atoms with Gasteiger partial charge in [-0.3, -0.25) is 9.59 Å². The normalized spacial score (nSPS) is 41.8. The Hall–Kier alpha value is -1.59. The van der Waals surface area contributed by atoms with Gasteiger partial charge in [-0.25, -0.2) is 4.79 Å². The number of rotatable bonds is 6. The summed E-state index contributed by atoms with van der Waals surface area (Å²) in [4.78, 5) is 35.3. The van der Waals surface area contributed by atoms with Crippen LogP contribution in [0.2, 0.25) is 0 Å². The summed E-state index contributed by atoms with van der Waals surface area (Å²) >= 11 is 0. The quantitative estimate of drug-likeness (QED) is 0.372. The third-order valence-corrected chi connectivity index (χ3v) is 10.2. The highest BCUT2D eigenvalue weighted by Crippen LogP contribution is 2.67. The van der Waals surface area contributed by atoms with Crippen molar-refractivity contribution >= 4 is 17.9 Å². The molecular formula is C27H42O6. The van der Waals surface area contributed by atoms with Crippen LogP contribution in [0.15, 0.2) is 0 Å². The average Bonchev–Trinajstić information content (AvgIpc) is 3.11. The first-order valence-electron chi connectivity index (χ1n) is 13.1. The van der Waals surface area contributed by atoms with Gasteiger partial charge in [0.2, 0.25) is 0 Å². The average molecular weight is 463 g/mol. The van der Waals surface area contributed by atoms with E-state index in [-0.39, 0.29) is 36.6 Å². The monoisotopic (exact) mass is 462 g/mol. The molecule has 4 saturated carbocycles. The van der Waals surface area contributed by atoms with Crippen molar-refractivity contribution in [1.29, 1.82) is 0 Å². The van der Waals surface area contributed by atoms with Crippen LogP contribution in [0.3, 0.4) is 0 Å². The minimum absolute atomic E-state index is 0.0666. The smallest absolute Gasteiger partial charge is 0.466 e. The molecule has 0 heterocycles. The molecule has 0 unspecified atom stereocenters. The van der Waals surface area contributed by atoms with Crippen LogP contribution in [-0.4, -0.2) is 37.2 Å². The molecule has 0 saturated heterocycles. The minimum atomic E-state index is -0.602. The Morgan fingerprint density at radius 1 is 0.818 bits per heavy atom. The summed E-state index contributed by atoms with van der Waals surface area (Å²) in [5.41, 5.74) is 0.516. The topological polar surface area (TPSA) is 78.9 Å². The Kier molecular flexibility index (Phi) is 7.12. The fourth-order valence-corrected chi connectivity index (χ4v) is 8.59. The van der Waals surface area contributed by atoms with Crippen molar-refractivity contribution in [2.24, 2.45) is 40.4 Å². The largest absolute Gasteiger partial charge is 0.508 e. The Labute approximate surface area is 198 Å². The predicted octanol–water partition coefficient (Wildman–Crippen LogP) is 5.71. The number of ketones is 1. The summed E-state index contributed by atoms with van der Waals surface area (Å²) in [6.07, 6.45) is 9.92. The van der Waals surface area contributed by atoms with E-state index in [0.29, 0.717) is 29.5 Å². The van der Waals surface area contributed by atoms with E-state index >= 15 is 0 Å². The SMILES string of the molecule is CC(=O)OCCCOC(=O)O[C@@H]1CC[C@@]2(C)[C@@H](CC[C@@H]3[C@@H]2CC[C@]2(C)[C@@H](C(C)=O)CC[C@@H]32)C1. The number of fused-ring (bicyclic) bond motifs is 5. The lowest BCUT2D eigenvalue weighted by Crippen LogP contribution is -2.54. The van der Waals surface area contributed by atoms with Crippen LogP contribution in [0.4, 0.5) is 4.79 Å². The molecule has 0 bridgehead atoms. The number of hydrogen-bond acceptors (Lipinski definition) is 6. The van der Waals surface area contributed by atoms with Crippen LogP contribution >= 0.6 is 0 Å². The van der Waals surface area contributed by atoms with Crippen LogP contribution in [-0.2, 0) is 23.8 Å². The Bertz CT molecular complexity index is 764. The van der Waals surface area contributed by atoms with E-state index < -0.39 is 6.16 Å². The highest BCUT2D eigenvalue weighted by molar-refractivity contribution is 5.79. The van der Waals surface area contributed by atoms with Gasteiger partial charge in [0.05, 0.1) is 13.2 Å². The van der Waals surface area contributed by atoms with E-state index in [1.165, 1.54) is 39.0 Å². The maximum atomic E-state index is 12.3. The van der Waals surface area contributed by atoms with E-state index in [0.717, 1.165) is 37.5 Å². The maximum absolute atomic E-state index is 12.3. The molecular weight excluding hydrogens is 420 g/mol. The first-order chi connectivity index (χ1) is 15.6. The number of carbonyl (C=O) groups is 3. The van der Waals surface area contributed by atoms with Crippen LogP contribution in [0.1, 0.15) is 91.9 Å². The lowest BCUT2D eigenvalue weighted by molar-refractivity contribution is -0.142. The number of hydrogen-bond donors (Lipinski definition) is 0. The van der Waals surface area contributed by atoms with Gasteiger partial charge >= 0.3 is 12.1 Å². The third-order valence-electron chi connectivity index (χ3n) is 10.2. The van der Waals surface area contributed by atoms with E-state index in [4.69, 9.17) is 14.2 Å². The van der Waals surface area contributed by atoms with Crippen LogP contribution in [0, 0.1) is 40.4 Å². The van der Waals surface area contributed by atoms with Gasteiger partial charge in [-0.15, -0.1) is 0 Å². The summed E-state index contributed by atoms with van der Waals surface area (Å²) in [5, 5.41) is 0. The van der Waals surface area contributed by atoms with Crippen molar-refractivity contribution in [3.63, 3.8) is 0 Å². The fraction of sp³-hybridized carbons (Fsp3) is 0.889. The van der Waals surface area contributed by atoms with E-state index in [1.54, 1.807) is 6.92 Å². The maximum Gasteiger partial charge on any atom is 0.508 e. The molecule has 0 amide bonds. The first-order valence-corrected chi connectivity index (χ1v) is 13.1. The molecule has 4 fully saturated rings. The summed E-state index contributed by atoms with van der Waals surface area (Å²) in [6, 6.07) is 0. The van der Waals surface area contributed by atoms with Gasteiger partial charge in [0.15, 0.2) is 0 Å². The van der Waals surface area contributed by atoms with Crippen molar-refractivity contribution in [2.75, 3.05) is 13.2 Å². The van der Waals surface area contributed by atoms with Crippen LogP contribution < -0.4 is 0 Å². The fourth-order valence-electron chi connectivity index (χ4n) is 8.59. The highest BCUT2D eigenvalue weighted by atomic mass is 16.7. The second-order valence-electron chi connectivity index (χ2n) is 11.7. The number of Topliss-reactive ketones (excluding diaryl/α,β-unsaturated/α-hetero) is 1. The standard InChI is InChI=1S/C27H42O6/c1-17(28)22-8-9-23-21-7-6-19-16-20(33-25(30)32-15-5-14-31-18(2)29)10-12-26(19,3)24(21)11-13-27(22,23)4/h19-24H,5-16H2,1-4H3/t19-,20+,21-,22+,23-,24-,26-,27+/m0/s1. The van der Waals surface area contributed by atoms with E-state index in [2.05, 4.69) is 13.8 Å². The molecule has 0 aliphatic heterocycles. The second kappa shape index (κ2) is 9.58. The van der Waals surface area contributed by atoms with Gasteiger partial charge in [-0.2, -0.15) is 0 Å². The minimum Gasteiger partial charge on any atom is -0.466 e. The molecule has 4 aliphatic rings. The summed E-state index contributed by atoms with van der Waals surface area (Å²) in [5.74, 6) is 3.09. The van der Waals surface area contributed by atoms with Crippen molar-refractivity contribution in [3.8, 4) is 0 Å². The van der Waals surface area contributed by atoms with Gasteiger partial charge in [0, 0.05) is 19.3 Å². The van der Waals surface area contributed by atoms with Crippen molar-refractivity contribution in [2.45, 2.75) is 98.0 Å². The molecule has 4 aliphatic carbocycles. The van der Waals surface area contributed by atoms with E-state index in [9.17, 15) is 14.4 Å².